The first-order valence-corrected chi connectivity index (χ1v) is 7.77. The molecule has 0 bridgehead atoms. The Labute approximate surface area is 132 Å². The van der Waals surface area contributed by atoms with Crippen molar-refractivity contribution >= 4 is 5.78 Å². The average molecular weight is 300 g/mol. The van der Waals surface area contributed by atoms with Crippen molar-refractivity contribution in [3.05, 3.63) is 54.1 Å². The Morgan fingerprint density at radius 2 is 1.27 bits per heavy atom. The molecule has 3 nitrogen and oxygen atoms in total. The average Bonchev–Trinajstić information content (AvgIpc) is 2.59. The van der Waals surface area contributed by atoms with Gasteiger partial charge in [-0.25, -0.2) is 0 Å². The van der Waals surface area contributed by atoms with Gasteiger partial charge in [0.1, 0.15) is 17.2 Å². The summed E-state index contributed by atoms with van der Waals surface area (Å²) in [5, 5.41) is 0. The Balaban J connectivity index is 0.00000116. The number of hydrogen-bond donors (Lipinski definition) is 0. The lowest BCUT2D eigenvalue weighted by atomic mass is 10.1. The van der Waals surface area contributed by atoms with E-state index in [4.69, 9.17) is 9.47 Å². The van der Waals surface area contributed by atoms with Crippen LogP contribution in [0.1, 0.15) is 44.5 Å². The van der Waals surface area contributed by atoms with Gasteiger partial charge in [-0.05, 0) is 55.5 Å². The van der Waals surface area contributed by atoms with Gasteiger partial charge >= 0.3 is 0 Å². The summed E-state index contributed by atoms with van der Waals surface area (Å²) in [5.41, 5.74) is 0.714. The molecule has 0 aliphatic rings. The fraction of sp³-hybridized carbons (Fsp3) is 0.316. The molecule has 0 N–H and O–H groups in total. The van der Waals surface area contributed by atoms with E-state index in [1.165, 1.54) is 0 Å². The molecule has 0 radical (unpaired) electrons. The van der Waals surface area contributed by atoms with Crippen LogP contribution in [0.4, 0.5) is 0 Å². The minimum atomic E-state index is 0.137. The van der Waals surface area contributed by atoms with E-state index in [0.29, 0.717) is 24.3 Å². The molecule has 2 aromatic carbocycles. The highest BCUT2D eigenvalue weighted by molar-refractivity contribution is 5.95. The molecule has 2 aromatic rings. The van der Waals surface area contributed by atoms with Gasteiger partial charge in [-0.3, -0.25) is 4.79 Å². The lowest BCUT2D eigenvalue weighted by molar-refractivity contribution is 0.0988. The Morgan fingerprint density at radius 3 is 1.73 bits per heavy atom. The molecule has 22 heavy (non-hydrogen) atoms. The van der Waals surface area contributed by atoms with Crippen LogP contribution >= 0.6 is 0 Å². The van der Waals surface area contributed by atoms with E-state index in [1.54, 1.807) is 24.3 Å². The summed E-state index contributed by atoms with van der Waals surface area (Å²) in [6.07, 6.45) is 0.513. The molecule has 0 fully saturated rings. The number of ketones is 1. The van der Waals surface area contributed by atoms with Crippen LogP contribution in [0.25, 0.3) is 0 Å². The molecule has 0 unspecified atom stereocenters. The molecule has 3 heteroatoms. The van der Waals surface area contributed by atoms with Crippen LogP contribution in [0.2, 0.25) is 0 Å². The SMILES string of the molecule is CC.CCOc1ccc(Oc2ccc(C(=O)CC)cc2)cc1. The minimum absolute atomic E-state index is 0.137. The van der Waals surface area contributed by atoms with E-state index in [2.05, 4.69) is 0 Å². The number of ether oxygens (including phenoxy) is 2. The van der Waals surface area contributed by atoms with Gasteiger partial charge in [0.15, 0.2) is 5.78 Å². The van der Waals surface area contributed by atoms with Gasteiger partial charge in [-0.1, -0.05) is 20.8 Å². The fourth-order valence-electron chi connectivity index (χ4n) is 1.82. The zero-order valence-corrected chi connectivity index (χ0v) is 13.8. The van der Waals surface area contributed by atoms with Gasteiger partial charge in [0.25, 0.3) is 0 Å². The smallest absolute Gasteiger partial charge is 0.162 e. The van der Waals surface area contributed by atoms with Crippen molar-refractivity contribution in [1.82, 2.24) is 0 Å². The van der Waals surface area contributed by atoms with Crippen molar-refractivity contribution in [3.63, 3.8) is 0 Å². The highest BCUT2D eigenvalue weighted by Crippen LogP contribution is 2.24. The Bertz CT molecular complexity index is 556. The maximum absolute atomic E-state index is 11.5. The summed E-state index contributed by atoms with van der Waals surface area (Å²) < 4.78 is 11.1. The third kappa shape index (κ3) is 5.24. The molecular formula is C19H24O3. The third-order valence-electron chi connectivity index (χ3n) is 2.87. The van der Waals surface area contributed by atoms with Gasteiger partial charge in [-0.2, -0.15) is 0 Å². The van der Waals surface area contributed by atoms with Gasteiger partial charge in [0, 0.05) is 12.0 Å². The zero-order chi connectivity index (χ0) is 16.4. The van der Waals surface area contributed by atoms with Gasteiger partial charge < -0.3 is 9.47 Å². The standard InChI is InChI=1S/C17H18O3.C2H6/c1-3-17(18)13-5-7-15(8-6-13)20-16-11-9-14(10-12-16)19-4-2;1-2/h5-12H,3-4H2,1-2H3;1-2H3. The fourth-order valence-corrected chi connectivity index (χ4v) is 1.82. The molecule has 0 saturated heterocycles. The number of carbonyl (C=O) groups excluding carboxylic acids is 1. The lowest BCUT2D eigenvalue weighted by Crippen LogP contribution is -1.95. The van der Waals surface area contributed by atoms with E-state index in [0.717, 1.165) is 11.5 Å². The normalized spacial score (nSPS) is 9.45. The predicted octanol–water partition coefficient (Wildman–Crippen LogP) is 5.50. The summed E-state index contributed by atoms with van der Waals surface area (Å²) in [7, 11) is 0. The van der Waals surface area contributed by atoms with E-state index >= 15 is 0 Å². The third-order valence-corrected chi connectivity index (χ3v) is 2.87. The summed E-state index contributed by atoms with van der Waals surface area (Å²) in [6.45, 7) is 8.45. The predicted molar refractivity (Wildman–Crippen MR) is 90.1 cm³/mol. The van der Waals surface area contributed by atoms with Crippen LogP contribution in [0.15, 0.2) is 48.5 Å². The van der Waals surface area contributed by atoms with Crippen molar-refractivity contribution in [1.29, 1.82) is 0 Å². The maximum Gasteiger partial charge on any atom is 0.162 e. The molecule has 0 spiro atoms. The van der Waals surface area contributed by atoms with Gasteiger partial charge in [0.05, 0.1) is 6.61 Å². The summed E-state index contributed by atoms with van der Waals surface area (Å²) in [5.74, 6) is 2.41. The van der Waals surface area contributed by atoms with Gasteiger partial charge in [-0.15, -0.1) is 0 Å². The number of carbonyl (C=O) groups is 1. The van der Waals surface area contributed by atoms with Crippen LogP contribution in [0.5, 0.6) is 17.2 Å². The molecule has 0 saturated carbocycles. The van der Waals surface area contributed by atoms with E-state index in [1.807, 2.05) is 52.0 Å². The summed E-state index contributed by atoms with van der Waals surface area (Å²) in [4.78, 5) is 11.5. The Hall–Kier alpha value is -2.29. The van der Waals surface area contributed by atoms with Crippen molar-refractivity contribution in [2.45, 2.75) is 34.1 Å². The minimum Gasteiger partial charge on any atom is -0.494 e. The first-order valence-electron chi connectivity index (χ1n) is 7.77. The Kier molecular flexibility index (Phi) is 7.76. The van der Waals surface area contributed by atoms with Gasteiger partial charge in [0.2, 0.25) is 0 Å². The van der Waals surface area contributed by atoms with Crippen LogP contribution in [-0.2, 0) is 0 Å². The molecule has 0 atom stereocenters. The number of rotatable bonds is 6. The zero-order valence-electron chi connectivity index (χ0n) is 13.8. The molecular weight excluding hydrogens is 276 g/mol. The monoisotopic (exact) mass is 300 g/mol. The first-order chi connectivity index (χ1) is 10.7. The van der Waals surface area contributed by atoms with Crippen molar-refractivity contribution < 1.29 is 14.3 Å². The number of Topliss-reactive ketones (excluding diaryl/α,β-unsaturated/α-hetero) is 1. The number of hydrogen-bond acceptors (Lipinski definition) is 3. The molecule has 0 aliphatic carbocycles. The molecule has 2 rings (SSSR count). The molecule has 0 aliphatic heterocycles. The number of benzene rings is 2. The van der Waals surface area contributed by atoms with Crippen LogP contribution in [0, 0.1) is 0 Å². The second-order valence-corrected chi connectivity index (χ2v) is 4.31. The molecule has 0 heterocycles. The first kappa shape index (κ1) is 17.8. The highest BCUT2D eigenvalue weighted by Gasteiger charge is 2.03. The maximum atomic E-state index is 11.5. The summed E-state index contributed by atoms with van der Waals surface area (Å²) in [6, 6.07) is 14.6. The molecule has 118 valence electrons. The van der Waals surface area contributed by atoms with Crippen molar-refractivity contribution in [2.24, 2.45) is 0 Å². The van der Waals surface area contributed by atoms with Crippen LogP contribution in [-0.4, -0.2) is 12.4 Å². The topological polar surface area (TPSA) is 35.5 Å². The van der Waals surface area contributed by atoms with Crippen LogP contribution in [0.3, 0.4) is 0 Å². The largest absolute Gasteiger partial charge is 0.494 e. The van der Waals surface area contributed by atoms with Crippen molar-refractivity contribution in [2.75, 3.05) is 6.61 Å². The molecule has 0 aromatic heterocycles. The van der Waals surface area contributed by atoms with E-state index < -0.39 is 0 Å². The van der Waals surface area contributed by atoms with E-state index in [-0.39, 0.29) is 5.78 Å². The van der Waals surface area contributed by atoms with E-state index in [9.17, 15) is 4.79 Å². The van der Waals surface area contributed by atoms with Crippen molar-refractivity contribution in [3.8, 4) is 17.2 Å². The quantitative estimate of drug-likeness (QED) is 0.661. The molecule has 0 amide bonds. The van der Waals surface area contributed by atoms with Crippen LogP contribution < -0.4 is 9.47 Å². The second kappa shape index (κ2) is 9.61. The second-order valence-electron chi connectivity index (χ2n) is 4.31. The Morgan fingerprint density at radius 1 is 0.818 bits per heavy atom. The highest BCUT2D eigenvalue weighted by atomic mass is 16.5. The summed E-state index contributed by atoms with van der Waals surface area (Å²) >= 11 is 0. The lowest BCUT2D eigenvalue weighted by Gasteiger charge is -2.08.